The highest BCUT2D eigenvalue weighted by atomic mass is 79.9. The fourth-order valence-corrected chi connectivity index (χ4v) is 1.98. The number of rotatable bonds is 2. The maximum atomic E-state index is 12.2. The molecule has 0 radical (unpaired) electrons. The minimum atomic E-state index is -4.95. The molecule has 2 rings (SSSR count). The molecule has 0 N–H and O–H groups in total. The molecule has 0 unspecified atom stereocenters. The summed E-state index contributed by atoms with van der Waals surface area (Å²) in [6.07, 6.45) is -3.98. The molecule has 1 heterocycles. The molecule has 19 heavy (non-hydrogen) atoms. The third-order valence-corrected chi connectivity index (χ3v) is 2.88. The first-order valence-electron chi connectivity index (χ1n) is 5.09. The molecule has 1 aromatic carbocycles. The largest absolute Gasteiger partial charge is 0.456 e. The van der Waals surface area contributed by atoms with E-state index in [1.165, 1.54) is 0 Å². The molecule has 0 bridgehead atoms. The molecule has 0 saturated carbocycles. The van der Waals surface area contributed by atoms with Crippen molar-refractivity contribution < 1.29 is 18.0 Å². The zero-order valence-electron chi connectivity index (χ0n) is 9.57. The van der Waals surface area contributed by atoms with Gasteiger partial charge >= 0.3 is 6.18 Å². The first-order chi connectivity index (χ1) is 8.79. The molecule has 1 aromatic heterocycles. The molecule has 0 atom stereocenters. The van der Waals surface area contributed by atoms with Crippen molar-refractivity contribution in [2.75, 3.05) is 0 Å². The molecule has 0 saturated heterocycles. The van der Waals surface area contributed by atoms with E-state index in [4.69, 9.17) is 0 Å². The summed E-state index contributed by atoms with van der Waals surface area (Å²) in [4.78, 5) is 11.0. The minimum Gasteiger partial charge on any atom is -0.282 e. The van der Waals surface area contributed by atoms with Crippen molar-refractivity contribution in [1.82, 2.24) is 15.0 Å². The fourth-order valence-electron chi connectivity index (χ4n) is 1.51. The van der Waals surface area contributed by atoms with Crippen molar-refractivity contribution in [3.8, 4) is 5.69 Å². The molecule has 8 heteroatoms. The Morgan fingerprint density at radius 1 is 1.37 bits per heavy atom. The predicted molar refractivity (Wildman–Crippen MR) is 64.2 cm³/mol. The Morgan fingerprint density at radius 2 is 2.05 bits per heavy atom. The SMILES string of the molecule is Cc1cc(Br)ccc1-n1cc(C(=O)C(F)(F)F)nn1. The number of Topliss-reactive ketones (excluding diaryl/α,β-unsaturated/α-hetero) is 1. The van der Waals surface area contributed by atoms with Gasteiger partial charge in [-0.1, -0.05) is 21.1 Å². The monoisotopic (exact) mass is 333 g/mol. The lowest BCUT2D eigenvalue weighted by atomic mass is 10.2. The van der Waals surface area contributed by atoms with Gasteiger partial charge in [0, 0.05) is 4.47 Å². The molecule has 0 spiro atoms. The average Bonchev–Trinajstić information content (AvgIpc) is 2.75. The molecule has 2 aromatic rings. The predicted octanol–water partition coefficient (Wildman–Crippen LogP) is 3.08. The van der Waals surface area contributed by atoms with Crippen LogP contribution in [0.25, 0.3) is 5.69 Å². The van der Waals surface area contributed by atoms with Crippen LogP contribution in [0.5, 0.6) is 0 Å². The van der Waals surface area contributed by atoms with E-state index in [1.54, 1.807) is 25.1 Å². The number of hydrogen-bond acceptors (Lipinski definition) is 3. The van der Waals surface area contributed by atoms with Crippen LogP contribution in [-0.4, -0.2) is 27.0 Å². The van der Waals surface area contributed by atoms with Gasteiger partial charge < -0.3 is 0 Å². The Hall–Kier alpha value is -1.70. The van der Waals surface area contributed by atoms with E-state index in [1.807, 2.05) is 0 Å². The number of carbonyl (C=O) groups excluding carboxylic acids is 1. The molecule has 100 valence electrons. The molecule has 4 nitrogen and oxygen atoms in total. The highest BCUT2D eigenvalue weighted by Crippen LogP contribution is 2.22. The Balaban J connectivity index is 2.39. The highest BCUT2D eigenvalue weighted by Gasteiger charge is 2.41. The summed E-state index contributed by atoms with van der Waals surface area (Å²) < 4.78 is 38.7. The van der Waals surface area contributed by atoms with E-state index in [2.05, 4.69) is 26.2 Å². The summed E-state index contributed by atoms with van der Waals surface area (Å²) in [5.74, 6) is -2.01. The third-order valence-electron chi connectivity index (χ3n) is 2.39. The van der Waals surface area contributed by atoms with Gasteiger partial charge in [0.05, 0.1) is 11.9 Å². The number of nitrogens with zero attached hydrogens (tertiary/aromatic N) is 3. The van der Waals surface area contributed by atoms with Crippen LogP contribution in [0.2, 0.25) is 0 Å². The second kappa shape index (κ2) is 4.76. The number of ketones is 1. The summed E-state index contributed by atoms with van der Waals surface area (Å²) in [7, 11) is 0. The molecule has 0 aliphatic heterocycles. The van der Waals surface area contributed by atoms with Crippen molar-refractivity contribution >= 4 is 21.7 Å². The molecule has 0 aliphatic rings. The zero-order valence-corrected chi connectivity index (χ0v) is 11.2. The van der Waals surface area contributed by atoms with Crippen molar-refractivity contribution in [2.45, 2.75) is 13.1 Å². The number of aryl methyl sites for hydroxylation is 1. The van der Waals surface area contributed by atoms with Gasteiger partial charge in [0.25, 0.3) is 5.78 Å². The lowest BCUT2D eigenvalue weighted by molar-refractivity contribution is -0.0888. The van der Waals surface area contributed by atoms with E-state index in [-0.39, 0.29) is 0 Å². The van der Waals surface area contributed by atoms with Crippen LogP contribution in [0.1, 0.15) is 16.1 Å². The van der Waals surface area contributed by atoms with E-state index < -0.39 is 17.7 Å². The number of benzene rings is 1. The Labute approximate surface area is 114 Å². The second-order valence-electron chi connectivity index (χ2n) is 3.81. The second-order valence-corrected chi connectivity index (χ2v) is 4.72. The summed E-state index contributed by atoms with van der Waals surface area (Å²) in [5, 5.41) is 6.80. The lowest BCUT2D eigenvalue weighted by Gasteiger charge is -2.04. The minimum absolute atomic E-state index is 0.553. The van der Waals surface area contributed by atoms with Gasteiger partial charge in [0.15, 0.2) is 5.69 Å². The van der Waals surface area contributed by atoms with Crippen molar-refractivity contribution in [3.05, 3.63) is 40.1 Å². The van der Waals surface area contributed by atoms with Gasteiger partial charge in [-0.2, -0.15) is 13.2 Å². The molecule has 0 amide bonds. The van der Waals surface area contributed by atoms with Crippen LogP contribution in [0, 0.1) is 6.92 Å². The van der Waals surface area contributed by atoms with Crippen LogP contribution in [0.15, 0.2) is 28.9 Å². The maximum absolute atomic E-state index is 12.2. The molecule has 0 fully saturated rings. The van der Waals surface area contributed by atoms with Crippen molar-refractivity contribution in [2.24, 2.45) is 0 Å². The van der Waals surface area contributed by atoms with Gasteiger partial charge in [0.1, 0.15) is 0 Å². The normalized spacial score (nSPS) is 11.6. The van der Waals surface area contributed by atoms with Crippen LogP contribution in [-0.2, 0) is 0 Å². The first kappa shape index (κ1) is 13.7. The van der Waals surface area contributed by atoms with Crippen molar-refractivity contribution in [1.29, 1.82) is 0 Å². The number of halogens is 4. The van der Waals surface area contributed by atoms with Crippen LogP contribution >= 0.6 is 15.9 Å². The number of carbonyl (C=O) groups is 1. The quantitative estimate of drug-likeness (QED) is 0.793. The molecule has 0 aliphatic carbocycles. The fraction of sp³-hybridized carbons (Fsp3) is 0.182. The van der Waals surface area contributed by atoms with Crippen LogP contribution in [0.4, 0.5) is 13.2 Å². The van der Waals surface area contributed by atoms with Gasteiger partial charge in [-0.3, -0.25) is 4.79 Å². The number of alkyl halides is 3. The third kappa shape index (κ3) is 2.83. The lowest BCUT2D eigenvalue weighted by Crippen LogP contribution is -2.23. The Morgan fingerprint density at radius 3 is 2.63 bits per heavy atom. The van der Waals surface area contributed by atoms with Crippen molar-refractivity contribution in [3.63, 3.8) is 0 Å². The van der Waals surface area contributed by atoms with E-state index in [0.717, 1.165) is 20.9 Å². The van der Waals surface area contributed by atoms with E-state index >= 15 is 0 Å². The smallest absolute Gasteiger partial charge is 0.282 e. The molecular formula is C11H7BrF3N3O. The van der Waals surface area contributed by atoms with Gasteiger partial charge in [-0.25, -0.2) is 4.68 Å². The topological polar surface area (TPSA) is 47.8 Å². The summed E-state index contributed by atoms with van der Waals surface area (Å²) in [5.41, 5.74) is 0.608. The standard InChI is InChI=1S/C11H7BrF3N3O/c1-6-4-7(12)2-3-9(6)18-5-8(16-17-18)10(19)11(13,14)15/h2-5H,1H3. The summed E-state index contributed by atoms with van der Waals surface area (Å²) >= 11 is 3.28. The molecular weight excluding hydrogens is 327 g/mol. The summed E-state index contributed by atoms with van der Waals surface area (Å²) in [6.45, 7) is 1.77. The van der Waals surface area contributed by atoms with Crippen LogP contribution < -0.4 is 0 Å². The number of aromatic nitrogens is 3. The van der Waals surface area contributed by atoms with Crippen LogP contribution in [0.3, 0.4) is 0 Å². The van der Waals surface area contributed by atoms with Gasteiger partial charge in [-0.05, 0) is 30.7 Å². The zero-order chi connectivity index (χ0) is 14.2. The average molecular weight is 334 g/mol. The van der Waals surface area contributed by atoms with E-state index in [9.17, 15) is 18.0 Å². The Kier molecular flexibility index (Phi) is 3.44. The summed E-state index contributed by atoms with van der Waals surface area (Å²) in [6, 6.07) is 5.16. The maximum Gasteiger partial charge on any atom is 0.456 e. The number of hydrogen-bond donors (Lipinski definition) is 0. The van der Waals surface area contributed by atoms with Gasteiger partial charge in [-0.15, -0.1) is 5.10 Å². The highest BCUT2D eigenvalue weighted by molar-refractivity contribution is 9.10. The van der Waals surface area contributed by atoms with Gasteiger partial charge in [0.2, 0.25) is 0 Å². The first-order valence-corrected chi connectivity index (χ1v) is 5.89. The van der Waals surface area contributed by atoms with E-state index in [0.29, 0.717) is 5.69 Å². The Bertz CT molecular complexity index is 636.